The third kappa shape index (κ3) is 3.90. The molecular weight excluding hydrogens is 364 g/mol. The second-order valence-electron chi connectivity index (χ2n) is 7.88. The lowest BCUT2D eigenvalue weighted by Gasteiger charge is -2.32. The summed E-state index contributed by atoms with van der Waals surface area (Å²) in [6.07, 6.45) is 3.09. The summed E-state index contributed by atoms with van der Waals surface area (Å²) < 4.78 is 1.61. The number of aromatic nitrogens is 1. The molecule has 5 heteroatoms. The fourth-order valence-electron chi connectivity index (χ4n) is 4.51. The van der Waals surface area contributed by atoms with E-state index in [1.165, 1.54) is 5.56 Å². The van der Waals surface area contributed by atoms with Crippen molar-refractivity contribution in [2.24, 2.45) is 13.0 Å². The van der Waals surface area contributed by atoms with Gasteiger partial charge in [-0.3, -0.25) is 4.79 Å². The van der Waals surface area contributed by atoms with Crippen molar-refractivity contribution in [3.63, 3.8) is 0 Å². The second kappa shape index (κ2) is 8.11. The number of aromatic carboxylic acids is 1. The van der Waals surface area contributed by atoms with E-state index in [1.807, 2.05) is 35.2 Å². The number of piperidine rings is 1. The lowest BCUT2D eigenvalue weighted by Crippen LogP contribution is -2.40. The topological polar surface area (TPSA) is 65.4 Å². The number of likely N-dealkylation sites (tertiary alicyclic amines) is 1. The Hall–Kier alpha value is -3.08. The third-order valence-corrected chi connectivity index (χ3v) is 6.07. The minimum atomic E-state index is -1.24. The molecule has 1 fully saturated rings. The summed E-state index contributed by atoms with van der Waals surface area (Å²) in [5.74, 6) is -0.673. The van der Waals surface area contributed by atoms with E-state index >= 15 is 0 Å². The second-order valence-corrected chi connectivity index (χ2v) is 7.88. The van der Waals surface area contributed by atoms with E-state index in [4.69, 9.17) is 0 Å². The Labute approximate surface area is 170 Å². The maximum absolute atomic E-state index is 13.0. The average molecular weight is 389 g/mol. The third-order valence-electron chi connectivity index (χ3n) is 6.07. The van der Waals surface area contributed by atoms with Gasteiger partial charge in [0.15, 0.2) is 0 Å². The van der Waals surface area contributed by atoms with E-state index in [0.29, 0.717) is 11.5 Å². The summed E-state index contributed by atoms with van der Waals surface area (Å²) >= 11 is 0. The molecule has 4 rings (SSSR count). The molecule has 2 aromatic carbocycles. The predicted octanol–water partition coefficient (Wildman–Crippen LogP) is 2.57. The molecule has 1 aliphatic rings. The van der Waals surface area contributed by atoms with E-state index < -0.39 is 5.97 Å². The van der Waals surface area contributed by atoms with Gasteiger partial charge in [0.25, 0.3) is 0 Å². The summed E-state index contributed by atoms with van der Waals surface area (Å²) in [6.45, 7) is 1.45. The normalized spacial score (nSPS) is 15.0. The van der Waals surface area contributed by atoms with Gasteiger partial charge in [-0.05, 0) is 42.4 Å². The van der Waals surface area contributed by atoms with E-state index in [1.54, 1.807) is 11.6 Å². The number of benzene rings is 2. The zero-order chi connectivity index (χ0) is 20.4. The van der Waals surface area contributed by atoms with E-state index in [0.717, 1.165) is 43.3 Å². The van der Waals surface area contributed by atoms with Gasteiger partial charge in [-0.15, -0.1) is 0 Å². The van der Waals surface area contributed by atoms with Crippen LogP contribution in [0.1, 0.15) is 34.5 Å². The van der Waals surface area contributed by atoms with Crippen molar-refractivity contribution in [1.82, 2.24) is 9.47 Å². The number of carbonyl (C=O) groups is 2. The van der Waals surface area contributed by atoms with Gasteiger partial charge in [-0.1, -0.05) is 48.5 Å². The first-order valence-electron chi connectivity index (χ1n) is 10.1. The van der Waals surface area contributed by atoms with E-state index in [2.05, 4.69) is 24.3 Å². The van der Waals surface area contributed by atoms with E-state index in [9.17, 15) is 14.7 Å². The van der Waals surface area contributed by atoms with Crippen molar-refractivity contribution >= 4 is 22.8 Å². The number of nitrogens with zero attached hydrogens (tertiary/aromatic N) is 2. The summed E-state index contributed by atoms with van der Waals surface area (Å²) in [7, 11) is 1.70. The molecule has 0 spiro atoms. The number of fused-ring (bicyclic) bond motifs is 1. The monoisotopic (exact) mass is 389 g/mol. The van der Waals surface area contributed by atoms with Crippen molar-refractivity contribution < 1.29 is 14.7 Å². The van der Waals surface area contributed by atoms with Crippen LogP contribution in [-0.2, 0) is 24.7 Å². The molecule has 29 heavy (non-hydrogen) atoms. The molecule has 150 valence electrons. The highest BCUT2D eigenvalue weighted by Crippen LogP contribution is 2.27. The van der Waals surface area contributed by atoms with Crippen LogP contribution in [0.2, 0.25) is 0 Å². The van der Waals surface area contributed by atoms with Gasteiger partial charge in [0.2, 0.25) is 5.91 Å². The first-order valence-corrected chi connectivity index (χ1v) is 10.1. The molecule has 5 nitrogen and oxygen atoms in total. The minimum Gasteiger partial charge on any atom is -0.543 e. The number of carboxylic acids is 1. The van der Waals surface area contributed by atoms with Gasteiger partial charge in [0, 0.05) is 31.0 Å². The van der Waals surface area contributed by atoms with Crippen molar-refractivity contribution in [2.45, 2.75) is 25.7 Å². The van der Waals surface area contributed by atoms with Gasteiger partial charge in [-0.25, -0.2) is 0 Å². The maximum Gasteiger partial charge on any atom is 0.227 e. The SMILES string of the molecule is Cn1c(C(=O)[O-])c(CC(=O)N2CCC(Cc3ccccc3)CC2)c2ccccc21. The van der Waals surface area contributed by atoms with Crippen LogP contribution in [0.5, 0.6) is 0 Å². The molecule has 1 aromatic heterocycles. The van der Waals surface area contributed by atoms with Crippen molar-refractivity contribution in [3.8, 4) is 0 Å². The highest BCUT2D eigenvalue weighted by molar-refractivity contribution is 6.00. The Balaban J connectivity index is 1.46. The zero-order valence-corrected chi connectivity index (χ0v) is 16.6. The molecule has 1 aliphatic heterocycles. The highest BCUT2D eigenvalue weighted by Gasteiger charge is 2.25. The van der Waals surface area contributed by atoms with Gasteiger partial charge in [0.05, 0.1) is 18.1 Å². The number of hydrogen-bond donors (Lipinski definition) is 0. The van der Waals surface area contributed by atoms with Gasteiger partial charge in [0.1, 0.15) is 0 Å². The molecule has 1 amide bonds. The molecule has 0 atom stereocenters. The van der Waals surface area contributed by atoms with Gasteiger partial charge in [-0.2, -0.15) is 0 Å². The maximum atomic E-state index is 13.0. The van der Waals surface area contributed by atoms with Crippen molar-refractivity contribution in [2.75, 3.05) is 13.1 Å². The summed E-state index contributed by atoms with van der Waals surface area (Å²) in [5, 5.41) is 12.5. The highest BCUT2D eigenvalue weighted by atomic mass is 16.4. The molecule has 0 bridgehead atoms. The lowest BCUT2D eigenvalue weighted by atomic mass is 9.90. The molecule has 2 heterocycles. The first-order chi connectivity index (χ1) is 14.0. The lowest BCUT2D eigenvalue weighted by molar-refractivity contribution is -0.255. The summed E-state index contributed by atoms with van der Waals surface area (Å²) in [4.78, 5) is 26.6. The molecule has 0 radical (unpaired) electrons. The van der Waals surface area contributed by atoms with Crippen LogP contribution in [0.3, 0.4) is 0 Å². The largest absolute Gasteiger partial charge is 0.543 e. The summed E-state index contributed by atoms with van der Waals surface area (Å²) in [6, 6.07) is 17.9. The van der Waals surface area contributed by atoms with Crippen LogP contribution < -0.4 is 5.11 Å². The van der Waals surface area contributed by atoms with Crippen molar-refractivity contribution in [1.29, 1.82) is 0 Å². The van der Waals surface area contributed by atoms with Crippen molar-refractivity contribution in [3.05, 3.63) is 71.4 Å². The number of carboxylic acid groups (broad SMARTS) is 1. The minimum absolute atomic E-state index is 0.0120. The number of amides is 1. The summed E-state index contributed by atoms with van der Waals surface area (Å²) in [5.41, 5.74) is 2.79. The fourth-order valence-corrected chi connectivity index (χ4v) is 4.51. The van der Waals surface area contributed by atoms with Gasteiger partial charge >= 0.3 is 0 Å². The molecule has 0 aliphatic carbocycles. The Morgan fingerprint density at radius 1 is 1.00 bits per heavy atom. The molecule has 0 unspecified atom stereocenters. The Morgan fingerprint density at radius 2 is 1.66 bits per heavy atom. The predicted molar refractivity (Wildman–Crippen MR) is 110 cm³/mol. The molecule has 0 N–H and O–H groups in total. The van der Waals surface area contributed by atoms with Crippen LogP contribution in [0, 0.1) is 5.92 Å². The van der Waals surface area contributed by atoms with E-state index in [-0.39, 0.29) is 18.0 Å². The fraction of sp³-hybridized carbons (Fsp3) is 0.333. The quantitative estimate of drug-likeness (QED) is 0.674. The first kappa shape index (κ1) is 19.2. The van der Waals surface area contributed by atoms with Crippen LogP contribution in [0.15, 0.2) is 54.6 Å². The molecule has 0 saturated carbocycles. The number of para-hydroxylation sites is 1. The van der Waals surface area contributed by atoms with Crippen LogP contribution >= 0.6 is 0 Å². The molecular formula is C24H25N2O3-. The Bertz CT molecular complexity index is 1030. The zero-order valence-electron chi connectivity index (χ0n) is 16.6. The van der Waals surface area contributed by atoms with Crippen LogP contribution in [0.25, 0.3) is 10.9 Å². The smallest absolute Gasteiger partial charge is 0.227 e. The van der Waals surface area contributed by atoms with Crippen LogP contribution in [0.4, 0.5) is 0 Å². The number of rotatable bonds is 5. The number of aryl methyl sites for hydroxylation is 1. The average Bonchev–Trinajstić information content (AvgIpc) is 3.01. The Kier molecular flexibility index (Phi) is 5.38. The molecule has 1 saturated heterocycles. The number of carbonyl (C=O) groups excluding carboxylic acids is 2. The number of hydrogen-bond acceptors (Lipinski definition) is 3. The standard InChI is InChI=1S/C24H26N2O3/c1-25-21-10-6-5-9-19(21)20(23(25)24(28)29)16-22(27)26-13-11-18(12-14-26)15-17-7-3-2-4-8-17/h2-10,18H,11-16H2,1H3,(H,28,29)/p-1. The van der Waals surface area contributed by atoms with Crippen LogP contribution in [-0.4, -0.2) is 34.4 Å². The van der Waals surface area contributed by atoms with Gasteiger partial charge < -0.3 is 19.4 Å². The Morgan fingerprint density at radius 3 is 2.34 bits per heavy atom. The molecule has 3 aromatic rings.